The van der Waals surface area contributed by atoms with Gasteiger partial charge in [-0.05, 0) is 96.7 Å². The van der Waals surface area contributed by atoms with Crippen LogP contribution in [0.4, 0.5) is 35.1 Å². The van der Waals surface area contributed by atoms with E-state index in [4.69, 9.17) is 10.8 Å². The second-order valence-corrected chi connectivity index (χ2v) is 19.8. The van der Waals surface area contributed by atoms with Gasteiger partial charge in [0.2, 0.25) is 0 Å². The quantitative estimate of drug-likeness (QED) is 0.204. The Morgan fingerprint density at radius 3 is 1.25 bits per heavy atom. The number of halogens is 8. The Balaban J connectivity index is 0.000000168. The predicted octanol–water partition coefficient (Wildman–Crippen LogP) is 6.43. The molecule has 1 aromatic rings. The standard InChI is InChI=1S/C17H24F2N2O.C13H24F2N2O.C11H19F2NO.C6H11F2NO/c18-17(19)8-4-7-15(16(17)22)21-11-9-20(10-12-21)13-14-5-2-1-3-6-14;1-10(2)16-6-8-17(9-7-16)11-4-3-5-13(14,15)12(11)18;12-11(13)6-4-5-9(10(11)15)14-7-2-1-3-8-14;7-6(8)3-1-2-4(9)5(6)10/h1-3,5-6,15-16,22H,4,7-13H2;10-12,18H,3-9H2,1-2H3;9-10,15H,1-8H2;4-5,10H,1-3,9H2/t15-,16+;11-,12+;9-,10+;4-,5+/m0000/s1. The van der Waals surface area contributed by atoms with Crippen molar-refractivity contribution in [2.75, 3.05) is 65.4 Å². The Morgan fingerprint density at radius 1 is 0.492 bits per heavy atom. The lowest BCUT2D eigenvalue weighted by Gasteiger charge is -2.45. The molecule has 7 fully saturated rings. The summed E-state index contributed by atoms with van der Waals surface area (Å²) < 4.78 is 106. The fourth-order valence-electron chi connectivity index (χ4n) is 10.7. The molecule has 1 aromatic carbocycles. The van der Waals surface area contributed by atoms with Crippen LogP contribution in [-0.4, -0.2) is 189 Å². The van der Waals surface area contributed by atoms with Crippen LogP contribution in [-0.2, 0) is 6.54 Å². The van der Waals surface area contributed by atoms with E-state index in [0.717, 1.165) is 91.3 Å². The smallest absolute Gasteiger partial charge is 0.275 e. The van der Waals surface area contributed by atoms with Crippen LogP contribution < -0.4 is 5.73 Å². The zero-order valence-electron chi connectivity index (χ0n) is 38.6. The number of piperazine rings is 2. The average Bonchev–Trinajstić information content (AvgIpc) is 3.27. The molecule has 4 aliphatic carbocycles. The molecular formula is C47H78F8N6O4. The summed E-state index contributed by atoms with van der Waals surface area (Å²) in [6.45, 7) is 13.6. The highest BCUT2D eigenvalue weighted by Crippen LogP contribution is 2.39. The fourth-order valence-corrected chi connectivity index (χ4v) is 10.7. The minimum absolute atomic E-state index is 0.154. The van der Waals surface area contributed by atoms with Crippen molar-refractivity contribution in [3.05, 3.63) is 35.9 Å². The molecule has 3 heterocycles. The van der Waals surface area contributed by atoms with Crippen molar-refractivity contribution in [2.24, 2.45) is 5.73 Å². The van der Waals surface area contributed by atoms with Gasteiger partial charge in [0.25, 0.3) is 23.7 Å². The van der Waals surface area contributed by atoms with E-state index < -0.39 is 54.1 Å². The van der Waals surface area contributed by atoms with Gasteiger partial charge in [0, 0.05) is 115 Å². The van der Waals surface area contributed by atoms with Crippen LogP contribution in [0, 0.1) is 0 Å². The molecule has 8 atom stereocenters. The van der Waals surface area contributed by atoms with Gasteiger partial charge in [-0.3, -0.25) is 24.5 Å². The Morgan fingerprint density at radius 2 is 0.862 bits per heavy atom. The van der Waals surface area contributed by atoms with Crippen LogP contribution in [0.5, 0.6) is 0 Å². The summed E-state index contributed by atoms with van der Waals surface area (Å²) in [7, 11) is 0. The van der Waals surface area contributed by atoms with Crippen molar-refractivity contribution in [1.82, 2.24) is 24.5 Å². The summed E-state index contributed by atoms with van der Waals surface area (Å²) in [5.74, 6) is -11.7. The van der Waals surface area contributed by atoms with E-state index in [1.165, 1.54) is 12.0 Å². The molecule has 18 heteroatoms. The number of alkyl halides is 8. The van der Waals surface area contributed by atoms with Crippen molar-refractivity contribution < 1.29 is 55.5 Å². The Kier molecular flexibility index (Phi) is 20.2. The molecule has 3 saturated heterocycles. The number of aliphatic hydroxyl groups excluding tert-OH is 4. The molecule has 0 aromatic heterocycles. The minimum Gasteiger partial charge on any atom is -0.385 e. The largest absolute Gasteiger partial charge is 0.385 e. The van der Waals surface area contributed by atoms with Crippen molar-refractivity contribution >= 4 is 0 Å². The molecule has 376 valence electrons. The monoisotopic (exact) mass is 943 g/mol. The van der Waals surface area contributed by atoms with E-state index in [0.29, 0.717) is 51.0 Å². The molecule has 65 heavy (non-hydrogen) atoms. The van der Waals surface area contributed by atoms with Crippen LogP contribution in [0.15, 0.2) is 30.3 Å². The average molecular weight is 943 g/mol. The highest BCUT2D eigenvalue weighted by molar-refractivity contribution is 5.14. The van der Waals surface area contributed by atoms with E-state index in [1.807, 2.05) is 18.2 Å². The summed E-state index contributed by atoms with van der Waals surface area (Å²) in [4.78, 5) is 10.9. The van der Waals surface area contributed by atoms with Gasteiger partial charge in [-0.25, -0.2) is 35.1 Å². The number of nitrogens with two attached hydrogens (primary N) is 1. The Labute approximate surface area is 381 Å². The van der Waals surface area contributed by atoms with Gasteiger partial charge in [0.15, 0.2) is 0 Å². The SMILES string of the molecule is CC(C)N1CCN([C@H]2CCCC(F)(F)[C@@H]2O)CC1.N[C@H]1CCCC(F)(F)[C@@H]1O.O[C@@H]1[C@@H](N2CCCCC2)CCCC1(F)F.O[C@@H]1[C@@H](N2CCN(Cc3ccccc3)CC2)CCCC1(F)F. The molecule has 3 aliphatic heterocycles. The molecule has 6 N–H and O–H groups in total. The summed E-state index contributed by atoms with van der Waals surface area (Å²) >= 11 is 0. The molecule has 7 aliphatic rings. The van der Waals surface area contributed by atoms with Crippen LogP contribution in [0.2, 0.25) is 0 Å². The van der Waals surface area contributed by atoms with E-state index in [9.17, 15) is 50.4 Å². The zero-order chi connectivity index (χ0) is 47.6. The number of likely N-dealkylation sites (tertiary alicyclic amines) is 1. The molecule has 0 amide bonds. The molecule has 0 unspecified atom stereocenters. The highest BCUT2D eigenvalue weighted by atomic mass is 19.3. The summed E-state index contributed by atoms with van der Waals surface area (Å²) in [5.41, 5.74) is 6.50. The molecule has 8 rings (SSSR count). The Hall–Kier alpha value is -1.74. The van der Waals surface area contributed by atoms with Gasteiger partial charge in [-0.15, -0.1) is 0 Å². The number of hydrogen-bond acceptors (Lipinski definition) is 10. The molecular weight excluding hydrogens is 865 g/mol. The first-order chi connectivity index (χ1) is 30.6. The number of rotatable bonds is 6. The molecule has 0 spiro atoms. The predicted molar refractivity (Wildman–Crippen MR) is 236 cm³/mol. The highest BCUT2D eigenvalue weighted by Gasteiger charge is 2.50. The van der Waals surface area contributed by atoms with Crippen LogP contribution >= 0.6 is 0 Å². The topological polar surface area (TPSA) is 123 Å². The van der Waals surface area contributed by atoms with E-state index in [1.54, 1.807) is 0 Å². The van der Waals surface area contributed by atoms with Crippen molar-refractivity contribution in [1.29, 1.82) is 0 Å². The first-order valence-electron chi connectivity index (χ1n) is 24.3. The van der Waals surface area contributed by atoms with Crippen LogP contribution in [0.3, 0.4) is 0 Å². The lowest BCUT2D eigenvalue weighted by atomic mass is 9.87. The van der Waals surface area contributed by atoms with Crippen LogP contribution in [0.25, 0.3) is 0 Å². The van der Waals surface area contributed by atoms with Gasteiger partial charge in [-0.1, -0.05) is 36.8 Å². The third kappa shape index (κ3) is 15.1. The van der Waals surface area contributed by atoms with Gasteiger partial charge in [0.1, 0.15) is 24.4 Å². The van der Waals surface area contributed by atoms with Gasteiger partial charge >= 0.3 is 0 Å². The van der Waals surface area contributed by atoms with Gasteiger partial charge < -0.3 is 26.2 Å². The number of hydrogen-bond donors (Lipinski definition) is 5. The summed E-state index contributed by atoms with van der Waals surface area (Å²) in [6, 6.07) is 8.99. The second-order valence-electron chi connectivity index (χ2n) is 19.8. The summed E-state index contributed by atoms with van der Waals surface area (Å²) in [5, 5.41) is 38.3. The van der Waals surface area contributed by atoms with Gasteiger partial charge in [0.05, 0.1) is 0 Å². The molecule has 0 bridgehead atoms. The van der Waals surface area contributed by atoms with E-state index >= 15 is 0 Å². The van der Waals surface area contributed by atoms with Gasteiger partial charge in [-0.2, -0.15) is 0 Å². The zero-order valence-corrected chi connectivity index (χ0v) is 38.6. The number of nitrogens with zero attached hydrogens (tertiary/aromatic N) is 5. The minimum atomic E-state index is -2.96. The maximum atomic E-state index is 13.7. The number of aliphatic hydroxyl groups is 4. The van der Waals surface area contributed by atoms with E-state index in [-0.39, 0.29) is 43.8 Å². The van der Waals surface area contributed by atoms with Crippen molar-refractivity contribution in [3.63, 3.8) is 0 Å². The third-order valence-electron chi connectivity index (χ3n) is 14.8. The number of piperidine rings is 1. The number of benzene rings is 1. The maximum Gasteiger partial charge on any atom is 0.275 e. The normalized spacial score (nSPS) is 34.8. The Bertz CT molecular complexity index is 1520. The lowest BCUT2D eigenvalue weighted by molar-refractivity contribution is -0.165. The fraction of sp³-hybridized carbons (Fsp3) is 0.872. The first-order valence-corrected chi connectivity index (χ1v) is 24.3. The molecule has 10 nitrogen and oxygen atoms in total. The molecule has 0 radical (unpaired) electrons. The first kappa shape index (κ1) is 54.2. The third-order valence-corrected chi connectivity index (χ3v) is 14.8. The summed E-state index contributed by atoms with van der Waals surface area (Å²) in [6.07, 6.45) is 1.05. The second kappa shape index (κ2) is 24.2. The molecule has 4 saturated carbocycles. The van der Waals surface area contributed by atoms with Crippen LogP contribution in [0.1, 0.15) is 116 Å². The van der Waals surface area contributed by atoms with E-state index in [2.05, 4.69) is 50.5 Å². The van der Waals surface area contributed by atoms with Crippen molar-refractivity contribution in [2.45, 2.75) is 195 Å². The van der Waals surface area contributed by atoms with Crippen molar-refractivity contribution in [3.8, 4) is 0 Å². The lowest BCUT2D eigenvalue weighted by Crippen LogP contribution is -2.59. The maximum absolute atomic E-state index is 13.7.